The molecule has 3 rings (SSSR count). The minimum absolute atomic E-state index is 0.0195. The summed E-state index contributed by atoms with van der Waals surface area (Å²) in [6, 6.07) is 10.2. The normalized spacial score (nSPS) is 13.6. The quantitative estimate of drug-likeness (QED) is 0.370. The van der Waals surface area contributed by atoms with Crippen molar-refractivity contribution in [3.8, 4) is 5.75 Å². The van der Waals surface area contributed by atoms with E-state index in [-0.39, 0.29) is 18.2 Å². The van der Waals surface area contributed by atoms with Crippen molar-refractivity contribution in [3.05, 3.63) is 58.1 Å². The van der Waals surface area contributed by atoms with Crippen LogP contribution < -0.4 is 15.4 Å². The number of carbonyl (C=O) groups excluding carboxylic acids is 3. The number of ether oxygens (including phenoxy) is 1. The second-order valence-electron chi connectivity index (χ2n) is 10.1. The molecule has 1 aliphatic rings. The Kier molecular flexibility index (Phi) is 8.95. The lowest BCUT2D eigenvalue weighted by Gasteiger charge is -2.24. The van der Waals surface area contributed by atoms with Crippen molar-refractivity contribution in [1.29, 1.82) is 0 Å². The molecule has 2 aromatic carbocycles. The Labute approximate surface area is 212 Å². The van der Waals surface area contributed by atoms with E-state index < -0.39 is 11.3 Å². The lowest BCUT2D eigenvalue weighted by molar-refractivity contribution is -0.128. The van der Waals surface area contributed by atoms with Crippen LogP contribution >= 0.6 is 11.6 Å². The molecular formula is C28H35ClN2O4. The van der Waals surface area contributed by atoms with Gasteiger partial charge >= 0.3 is 0 Å². The van der Waals surface area contributed by atoms with Crippen molar-refractivity contribution < 1.29 is 19.1 Å². The number of hydrogen-bond acceptors (Lipinski definition) is 4. The van der Waals surface area contributed by atoms with Crippen LogP contribution in [0.4, 0.5) is 5.69 Å². The maximum absolute atomic E-state index is 13.0. The Morgan fingerprint density at radius 2 is 1.80 bits per heavy atom. The van der Waals surface area contributed by atoms with Gasteiger partial charge in [0.15, 0.2) is 5.78 Å². The molecule has 6 nitrogen and oxygen atoms in total. The highest BCUT2D eigenvalue weighted by Crippen LogP contribution is 2.32. The zero-order chi connectivity index (χ0) is 25.6. The van der Waals surface area contributed by atoms with E-state index in [9.17, 15) is 14.4 Å². The number of nitrogens with one attached hydrogen (secondary N) is 2. The predicted octanol–water partition coefficient (Wildman–Crippen LogP) is 6.42. The van der Waals surface area contributed by atoms with E-state index in [0.717, 1.165) is 12.0 Å². The highest BCUT2D eigenvalue weighted by atomic mass is 35.5. The Morgan fingerprint density at radius 1 is 1.06 bits per heavy atom. The third-order valence-corrected chi connectivity index (χ3v) is 6.58. The molecule has 0 aliphatic heterocycles. The fourth-order valence-electron chi connectivity index (χ4n) is 3.86. The van der Waals surface area contributed by atoms with Crippen molar-refractivity contribution in [3.63, 3.8) is 0 Å². The molecule has 0 radical (unpaired) electrons. The number of amides is 2. The molecule has 0 saturated heterocycles. The van der Waals surface area contributed by atoms with Gasteiger partial charge < -0.3 is 15.4 Å². The van der Waals surface area contributed by atoms with Gasteiger partial charge in [0.1, 0.15) is 5.75 Å². The summed E-state index contributed by atoms with van der Waals surface area (Å²) in [6.07, 6.45) is 4.99. The summed E-state index contributed by atoms with van der Waals surface area (Å²) in [5.41, 5.74) is 1.52. The molecule has 1 saturated carbocycles. The molecule has 0 atom stereocenters. The van der Waals surface area contributed by atoms with Crippen molar-refractivity contribution in [2.45, 2.75) is 66.3 Å². The summed E-state index contributed by atoms with van der Waals surface area (Å²) >= 11 is 6.31. The summed E-state index contributed by atoms with van der Waals surface area (Å²) in [4.78, 5) is 38.2. The average Bonchev–Trinajstić information content (AvgIpc) is 2.77. The zero-order valence-corrected chi connectivity index (χ0v) is 21.8. The van der Waals surface area contributed by atoms with Gasteiger partial charge in [-0.05, 0) is 55.2 Å². The fourth-order valence-corrected chi connectivity index (χ4v) is 4.06. The van der Waals surface area contributed by atoms with Crippen LogP contribution in [0.15, 0.2) is 36.4 Å². The van der Waals surface area contributed by atoms with Gasteiger partial charge in [-0.25, -0.2) is 0 Å². The smallest absolute Gasteiger partial charge is 0.257 e. The molecule has 2 N–H and O–H groups in total. The number of hydrogen-bond donors (Lipinski definition) is 2. The third-order valence-electron chi connectivity index (χ3n) is 6.25. The molecule has 0 heterocycles. The number of rotatable bonds is 10. The van der Waals surface area contributed by atoms with E-state index in [2.05, 4.69) is 10.6 Å². The highest BCUT2D eigenvalue weighted by Gasteiger charge is 2.22. The number of Topliss-reactive ketones (excluding diaryl/α,β-unsaturated/α-hetero) is 1. The number of anilines is 1. The monoisotopic (exact) mass is 498 g/mol. The number of carbonyl (C=O) groups is 3. The van der Waals surface area contributed by atoms with Gasteiger partial charge in [0.25, 0.3) is 5.91 Å². The number of ketones is 1. The molecule has 0 unspecified atom stereocenters. The zero-order valence-electron chi connectivity index (χ0n) is 21.0. The maximum atomic E-state index is 13.0. The third kappa shape index (κ3) is 7.31. The fraction of sp³-hybridized carbons (Fsp3) is 0.464. The number of halogens is 1. The van der Waals surface area contributed by atoms with Crippen LogP contribution in [0.2, 0.25) is 5.02 Å². The standard InChI is InChI=1S/C28H35ClN2O4/c1-5-35-25-14-11-20(16-22(25)24(32)13-10-18-7-6-8-18)31-26(33)21-15-19(9-12-23(21)29)17-30-27(34)28(2,3)4/h9,11-12,14-16,18H,5-8,10,13,17H2,1-4H3,(H,30,34)(H,31,33). The SMILES string of the molecule is CCOc1ccc(NC(=O)c2cc(CNC(=O)C(C)(C)C)ccc2Cl)cc1C(=O)CCC1CCC1. The van der Waals surface area contributed by atoms with Crippen LogP contribution in [-0.4, -0.2) is 24.2 Å². The van der Waals surface area contributed by atoms with E-state index in [4.69, 9.17) is 16.3 Å². The summed E-state index contributed by atoms with van der Waals surface area (Å²) < 4.78 is 5.67. The first-order valence-corrected chi connectivity index (χ1v) is 12.6. The number of benzene rings is 2. The van der Waals surface area contributed by atoms with Crippen molar-refractivity contribution in [1.82, 2.24) is 5.32 Å². The van der Waals surface area contributed by atoms with Gasteiger partial charge in [-0.3, -0.25) is 14.4 Å². The second kappa shape index (κ2) is 11.7. The molecule has 35 heavy (non-hydrogen) atoms. The summed E-state index contributed by atoms with van der Waals surface area (Å²) in [5, 5.41) is 6.03. The largest absolute Gasteiger partial charge is 0.493 e. The molecule has 1 aliphatic carbocycles. The maximum Gasteiger partial charge on any atom is 0.257 e. The van der Waals surface area contributed by atoms with Crippen LogP contribution in [-0.2, 0) is 11.3 Å². The van der Waals surface area contributed by atoms with Crippen molar-refractivity contribution >= 4 is 34.9 Å². The Balaban J connectivity index is 1.73. The van der Waals surface area contributed by atoms with Crippen LogP contribution in [0, 0.1) is 11.3 Å². The summed E-state index contributed by atoms with van der Waals surface area (Å²) in [7, 11) is 0. The molecule has 0 aromatic heterocycles. The molecular weight excluding hydrogens is 464 g/mol. The van der Waals surface area contributed by atoms with Crippen LogP contribution in [0.1, 0.15) is 86.1 Å². The van der Waals surface area contributed by atoms with Crippen LogP contribution in [0.25, 0.3) is 0 Å². The lowest BCUT2D eigenvalue weighted by atomic mass is 9.81. The molecule has 188 valence electrons. The lowest BCUT2D eigenvalue weighted by Crippen LogP contribution is -2.34. The van der Waals surface area contributed by atoms with Gasteiger partial charge in [-0.1, -0.05) is 57.7 Å². The van der Waals surface area contributed by atoms with E-state index >= 15 is 0 Å². The first-order chi connectivity index (χ1) is 16.6. The van der Waals surface area contributed by atoms with Gasteiger partial charge in [-0.2, -0.15) is 0 Å². The Bertz CT molecular complexity index is 1090. The Morgan fingerprint density at radius 3 is 2.43 bits per heavy atom. The first kappa shape index (κ1) is 26.7. The minimum Gasteiger partial charge on any atom is -0.493 e. The van der Waals surface area contributed by atoms with E-state index in [1.165, 1.54) is 19.3 Å². The molecule has 7 heteroatoms. The second-order valence-corrected chi connectivity index (χ2v) is 10.5. The summed E-state index contributed by atoms with van der Waals surface area (Å²) in [6.45, 7) is 8.13. The Hall–Kier alpha value is -2.86. The molecule has 0 bridgehead atoms. The average molecular weight is 499 g/mol. The molecule has 2 amide bonds. The highest BCUT2D eigenvalue weighted by molar-refractivity contribution is 6.34. The van der Waals surface area contributed by atoms with Crippen molar-refractivity contribution in [2.75, 3.05) is 11.9 Å². The summed E-state index contributed by atoms with van der Waals surface area (Å²) in [5.74, 6) is 0.711. The van der Waals surface area contributed by atoms with Crippen LogP contribution in [0.5, 0.6) is 5.75 Å². The van der Waals surface area contributed by atoms with Gasteiger partial charge in [0.2, 0.25) is 5.91 Å². The van der Waals surface area contributed by atoms with E-state index in [1.54, 1.807) is 36.4 Å². The van der Waals surface area contributed by atoms with Crippen molar-refractivity contribution in [2.24, 2.45) is 11.3 Å². The van der Waals surface area contributed by atoms with E-state index in [0.29, 0.717) is 46.5 Å². The molecule has 0 spiro atoms. The topological polar surface area (TPSA) is 84.5 Å². The minimum atomic E-state index is -0.507. The predicted molar refractivity (Wildman–Crippen MR) is 139 cm³/mol. The van der Waals surface area contributed by atoms with Gasteiger partial charge in [0, 0.05) is 24.1 Å². The van der Waals surface area contributed by atoms with E-state index in [1.807, 2.05) is 27.7 Å². The first-order valence-electron chi connectivity index (χ1n) is 12.3. The van der Waals surface area contributed by atoms with Gasteiger partial charge in [0.05, 0.1) is 22.8 Å². The molecule has 1 fully saturated rings. The van der Waals surface area contributed by atoms with Crippen LogP contribution in [0.3, 0.4) is 0 Å². The molecule has 2 aromatic rings. The van der Waals surface area contributed by atoms with Gasteiger partial charge in [-0.15, -0.1) is 0 Å².